The predicted octanol–water partition coefficient (Wildman–Crippen LogP) is 4.17. The van der Waals surface area contributed by atoms with Crippen molar-refractivity contribution in [2.24, 2.45) is 5.73 Å². The van der Waals surface area contributed by atoms with Crippen LogP contribution in [0.5, 0.6) is 5.75 Å². The lowest BCUT2D eigenvalue weighted by molar-refractivity contribution is -0.129. The second kappa shape index (κ2) is 6.67. The molecule has 1 heterocycles. The Balaban J connectivity index is 1.67. The third-order valence-corrected chi connectivity index (χ3v) is 5.53. The Labute approximate surface area is 135 Å². The van der Waals surface area contributed by atoms with Crippen molar-refractivity contribution in [3.63, 3.8) is 0 Å². The lowest BCUT2D eigenvalue weighted by Crippen LogP contribution is -2.45. The molecule has 0 amide bonds. The van der Waals surface area contributed by atoms with Gasteiger partial charge in [-0.05, 0) is 36.6 Å². The van der Waals surface area contributed by atoms with Gasteiger partial charge in [0, 0.05) is 23.9 Å². The Bertz CT molecular complexity index is 480. The second-order valence-electron chi connectivity index (χ2n) is 6.28. The summed E-state index contributed by atoms with van der Waals surface area (Å²) in [6.07, 6.45) is 8.61. The van der Waals surface area contributed by atoms with E-state index in [0.717, 1.165) is 35.2 Å². The maximum absolute atomic E-state index is 6.22. The molecule has 0 radical (unpaired) electrons. The zero-order valence-corrected chi connectivity index (χ0v) is 14.0. The summed E-state index contributed by atoms with van der Waals surface area (Å²) in [7, 11) is 0. The van der Waals surface area contributed by atoms with Crippen LogP contribution in [-0.4, -0.2) is 18.3 Å². The van der Waals surface area contributed by atoms with Gasteiger partial charge in [0.05, 0.1) is 12.2 Å². The van der Waals surface area contributed by atoms with Crippen LogP contribution in [0.2, 0.25) is 0 Å². The molecule has 1 atom stereocenters. The number of benzene rings is 1. The van der Waals surface area contributed by atoms with Crippen molar-refractivity contribution in [1.29, 1.82) is 0 Å². The van der Waals surface area contributed by atoms with Crippen LogP contribution in [0, 0.1) is 0 Å². The summed E-state index contributed by atoms with van der Waals surface area (Å²) in [6.45, 7) is 1.35. The molecular formula is C17H24BrNO2. The first-order valence-electron chi connectivity index (χ1n) is 8.00. The van der Waals surface area contributed by atoms with Crippen LogP contribution >= 0.6 is 15.9 Å². The van der Waals surface area contributed by atoms with E-state index in [2.05, 4.69) is 15.9 Å². The maximum Gasteiger partial charge on any atom is 0.120 e. The quantitative estimate of drug-likeness (QED) is 0.886. The van der Waals surface area contributed by atoms with E-state index in [0.29, 0.717) is 6.54 Å². The molecule has 4 heteroatoms. The van der Waals surface area contributed by atoms with Gasteiger partial charge in [0.15, 0.2) is 0 Å². The molecule has 2 fully saturated rings. The molecule has 1 aliphatic carbocycles. The van der Waals surface area contributed by atoms with Gasteiger partial charge in [-0.3, -0.25) is 0 Å². The molecule has 116 valence electrons. The minimum atomic E-state index is 0.0905. The number of halogens is 1. The molecule has 1 unspecified atom stereocenters. The number of nitrogens with two attached hydrogens (primary N) is 1. The summed E-state index contributed by atoms with van der Waals surface area (Å²) in [5.74, 6) is 0.927. The topological polar surface area (TPSA) is 44.5 Å². The molecule has 0 bridgehead atoms. The molecular weight excluding hydrogens is 330 g/mol. The number of hydrogen-bond donors (Lipinski definition) is 1. The monoisotopic (exact) mass is 353 g/mol. The van der Waals surface area contributed by atoms with Crippen LogP contribution in [-0.2, 0) is 11.3 Å². The highest BCUT2D eigenvalue weighted by molar-refractivity contribution is 9.10. The van der Waals surface area contributed by atoms with Crippen LogP contribution in [0.15, 0.2) is 22.7 Å². The van der Waals surface area contributed by atoms with Crippen molar-refractivity contribution in [3.8, 4) is 5.75 Å². The predicted molar refractivity (Wildman–Crippen MR) is 87.5 cm³/mol. The van der Waals surface area contributed by atoms with E-state index in [9.17, 15) is 0 Å². The molecule has 1 saturated heterocycles. The highest BCUT2D eigenvalue weighted by atomic mass is 79.9. The molecule has 2 N–H and O–H groups in total. The van der Waals surface area contributed by atoms with Crippen molar-refractivity contribution in [2.45, 2.75) is 63.2 Å². The molecule has 2 aliphatic rings. The van der Waals surface area contributed by atoms with Crippen LogP contribution in [0.1, 0.15) is 50.5 Å². The molecule has 1 spiro atoms. The Morgan fingerprint density at radius 3 is 2.86 bits per heavy atom. The second-order valence-corrected chi connectivity index (χ2v) is 7.14. The minimum Gasteiger partial charge on any atom is -0.490 e. The van der Waals surface area contributed by atoms with Gasteiger partial charge in [-0.15, -0.1) is 0 Å². The Kier molecular flexibility index (Phi) is 4.87. The van der Waals surface area contributed by atoms with E-state index in [-0.39, 0.29) is 11.7 Å². The summed E-state index contributed by atoms with van der Waals surface area (Å²) in [6, 6.07) is 6.09. The maximum atomic E-state index is 6.22. The Hall–Kier alpha value is -0.580. The SMILES string of the molecule is NCc1cc(OC2CCOC3(CCCCC3)C2)ccc1Br. The molecule has 0 aromatic heterocycles. The van der Waals surface area contributed by atoms with Gasteiger partial charge in [-0.1, -0.05) is 35.2 Å². The van der Waals surface area contributed by atoms with E-state index in [4.69, 9.17) is 15.2 Å². The Morgan fingerprint density at radius 1 is 1.29 bits per heavy atom. The third-order valence-electron chi connectivity index (χ3n) is 4.75. The van der Waals surface area contributed by atoms with Crippen molar-refractivity contribution >= 4 is 15.9 Å². The first-order chi connectivity index (χ1) is 10.2. The van der Waals surface area contributed by atoms with E-state index in [1.165, 1.54) is 32.1 Å². The molecule has 1 aromatic carbocycles. The van der Waals surface area contributed by atoms with Crippen LogP contribution in [0.25, 0.3) is 0 Å². The van der Waals surface area contributed by atoms with E-state index in [1.807, 2.05) is 18.2 Å². The van der Waals surface area contributed by atoms with E-state index in [1.54, 1.807) is 0 Å². The fourth-order valence-corrected chi connectivity index (χ4v) is 4.01. The zero-order chi connectivity index (χ0) is 14.7. The van der Waals surface area contributed by atoms with Gasteiger partial charge in [-0.25, -0.2) is 0 Å². The Morgan fingerprint density at radius 2 is 2.10 bits per heavy atom. The zero-order valence-electron chi connectivity index (χ0n) is 12.4. The third kappa shape index (κ3) is 3.61. The summed E-state index contributed by atoms with van der Waals surface area (Å²) < 4.78 is 13.4. The summed E-state index contributed by atoms with van der Waals surface area (Å²) in [4.78, 5) is 0. The number of rotatable bonds is 3. The standard InChI is InChI=1S/C17H24BrNO2/c18-16-5-4-14(10-13(16)12-19)21-15-6-9-20-17(11-15)7-2-1-3-8-17/h4-5,10,15H,1-3,6-9,11-12,19H2. The number of ether oxygens (including phenoxy) is 2. The highest BCUT2D eigenvalue weighted by Gasteiger charge is 2.39. The average molecular weight is 354 g/mol. The molecule has 1 aliphatic heterocycles. The largest absolute Gasteiger partial charge is 0.490 e. The van der Waals surface area contributed by atoms with E-state index < -0.39 is 0 Å². The minimum absolute atomic E-state index is 0.0905. The van der Waals surface area contributed by atoms with Gasteiger partial charge < -0.3 is 15.2 Å². The fraction of sp³-hybridized carbons (Fsp3) is 0.647. The van der Waals surface area contributed by atoms with Gasteiger partial charge >= 0.3 is 0 Å². The highest BCUT2D eigenvalue weighted by Crippen LogP contribution is 2.39. The summed E-state index contributed by atoms with van der Waals surface area (Å²) in [5.41, 5.74) is 6.94. The average Bonchev–Trinajstić information content (AvgIpc) is 2.50. The van der Waals surface area contributed by atoms with Gasteiger partial charge in [0.25, 0.3) is 0 Å². The summed E-state index contributed by atoms with van der Waals surface area (Å²) >= 11 is 3.52. The smallest absolute Gasteiger partial charge is 0.120 e. The lowest BCUT2D eigenvalue weighted by atomic mass is 9.79. The van der Waals surface area contributed by atoms with Gasteiger partial charge in [0.1, 0.15) is 11.9 Å². The summed E-state index contributed by atoms with van der Waals surface area (Å²) in [5, 5.41) is 0. The van der Waals surface area contributed by atoms with E-state index >= 15 is 0 Å². The normalized spacial score (nSPS) is 25.0. The molecule has 3 rings (SSSR count). The first kappa shape index (κ1) is 15.3. The van der Waals surface area contributed by atoms with Crippen molar-refractivity contribution in [3.05, 3.63) is 28.2 Å². The first-order valence-corrected chi connectivity index (χ1v) is 8.79. The number of hydrogen-bond acceptors (Lipinski definition) is 3. The van der Waals surface area contributed by atoms with Crippen molar-refractivity contribution in [2.75, 3.05) is 6.61 Å². The molecule has 1 saturated carbocycles. The van der Waals surface area contributed by atoms with Crippen LogP contribution in [0.3, 0.4) is 0 Å². The van der Waals surface area contributed by atoms with Crippen molar-refractivity contribution in [1.82, 2.24) is 0 Å². The molecule has 21 heavy (non-hydrogen) atoms. The van der Waals surface area contributed by atoms with Crippen LogP contribution in [0.4, 0.5) is 0 Å². The fourth-order valence-electron chi connectivity index (χ4n) is 3.60. The van der Waals surface area contributed by atoms with Crippen LogP contribution < -0.4 is 10.5 Å². The lowest BCUT2D eigenvalue weighted by Gasteiger charge is -2.43. The molecule has 1 aromatic rings. The molecule has 3 nitrogen and oxygen atoms in total. The van der Waals surface area contributed by atoms with Gasteiger partial charge in [-0.2, -0.15) is 0 Å². The van der Waals surface area contributed by atoms with Gasteiger partial charge in [0.2, 0.25) is 0 Å². The van der Waals surface area contributed by atoms with Crippen molar-refractivity contribution < 1.29 is 9.47 Å².